The Kier molecular flexibility index (Phi) is 4.45. The van der Waals surface area contributed by atoms with Crippen molar-refractivity contribution in [2.45, 2.75) is 50.0 Å². The number of anilines is 1. The molecule has 2 saturated carbocycles. The first-order valence-electron chi connectivity index (χ1n) is 10.8. The number of para-hydroxylation sites is 1. The second kappa shape index (κ2) is 7.01. The number of nitrogens with zero attached hydrogens (tertiary/aromatic N) is 1. The van der Waals surface area contributed by atoms with E-state index in [0.29, 0.717) is 24.3 Å². The number of likely N-dealkylation sites (N-methyl/N-ethyl adjacent to an activating group) is 1. The van der Waals surface area contributed by atoms with Crippen LogP contribution in [0.5, 0.6) is 0 Å². The molecular weight excluding hydrogens is 360 g/mol. The standard InChI is InChI=1S/C25H28N2O2/c1-27-21-10-6-5-9-20(21)25(24(27)29,15-17-7-3-2-4-8-17)16-22(28)26-23(18-11-12-18)19-13-14-19/h2-10,18-19,23H,11-16H2,1H3,(H,26,28)/t25-/m1/s1. The molecule has 0 aromatic heterocycles. The number of amides is 2. The largest absolute Gasteiger partial charge is 0.353 e. The number of rotatable bonds is 7. The van der Waals surface area contributed by atoms with Gasteiger partial charge in [0.15, 0.2) is 0 Å². The lowest BCUT2D eigenvalue weighted by atomic mass is 9.73. The molecule has 2 aliphatic carbocycles. The number of fused-ring (bicyclic) bond motifs is 1. The molecule has 2 fully saturated rings. The fourth-order valence-corrected chi connectivity index (χ4v) is 5.11. The number of carbonyl (C=O) groups is 2. The van der Waals surface area contributed by atoms with Crippen LogP contribution in [-0.4, -0.2) is 24.9 Å². The van der Waals surface area contributed by atoms with Crippen molar-refractivity contribution in [2.75, 3.05) is 11.9 Å². The quantitative estimate of drug-likeness (QED) is 0.783. The highest BCUT2D eigenvalue weighted by Gasteiger charge is 2.51. The monoisotopic (exact) mass is 388 g/mol. The molecule has 0 radical (unpaired) electrons. The van der Waals surface area contributed by atoms with E-state index < -0.39 is 5.41 Å². The summed E-state index contributed by atoms with van der Waals surface area (Å²) in [6.45, 7) is 0. The van der Waals surface area contributed by atoms with Gasteiger partial charge in [0, 0.05) is 25.2 Å². The lowest BCUT2D eigenvalue weighted by Crippen LogP contribution is -2.47. The molecule has 1 N–H and O–H groups in total. The van der Waals surface area contributed by atoms with E-state index in [1.54, 1.807) is 4.90 Å². The fourth-order valence-electron chi connectivity index (χ4n) is 5.11. The molecule has 0 saturated heterocycles. The van der Waals surface area contributed by atoms with Gasteiger partial charge >= 0.3 is 0 Å². The highest BCUT2D eigenvalue weighted by atomic mass is 16.2. The molecule has 0 unspecified atom stereocenters. The summed E-state index contributed by atoms with van der Waals surface area (Å²) in [5.41, 5.74) is 2.14. The van der Waals surface area contributed by atoms with E-state index in [4.69, 9.17) is 0 Å². The second-order valence-corrected chi connectivity index (χ2v) is 9.07. The van der Waals surface area contributed by atoms with Gasteiger partial charge in [-0.05, 0) is 61.1 Å². The molecule has 4 heteroatoms. The highest BCUT2D eigenvalue weighted by Crippen LogP contribution is 2.47. The average Bonchev–Trinajstić information content (AvgIpc) is 3.64. The van der Waals surface area contributed by atoms with Gasteiger partial charge in [0.25, 0.3) is 0 Å². The number of carbonyl (C=O) groups excluding carboxylic acids is 2. The third-order valence-corrected chi connectivity index (χ3v) is 6.89. The molecule has 0 spiro atoms. The van der Waals surface area contributed by atoms with Crippen molar-refractivity contribution in [2.24, 2.45) is 11.8 Å². The Bertz CT molecular complexity index is 921. The van der Waals surface area contributed by atoms with Crippen LogP contribution in [0.3, 0.4) is 0 Å². The van der Waals surface area contributed by atoms with Crippen molar-refractivity contribution in [1.29, 1.82) is 0 Å². The predicted molar refractivity (Wildman–Crippen MR) is 114 cm³/mol. The molecule has 0 bridgehead atoms. The van der Waals surface area contributed by atoms with Crippen LogP contribution >= 0.6 is 0 Å². The van der Waals surface area contributed by atoms with Crippen LogP contribution in [0.25, 0.3) is 0 Å². The SMILES string of the molecule is CN1C(=O)[C@@](CC(=O)NC(C2CC2)C2CC2)(Cc2ccccc2)c2ccccc21. The van der Waals surface area contributed by atoms with E-state index in [1.807, 2.05) is 61.6 Å². The molecule has 150 valence electrons. The van der Waals surface area contributed by atoms with E-state index in [1.165, 1.54) is 25.7 Å². The Balaban J connectivity index is 1.47. The van der Waals surface area contributed by atoms with E-state index in [-0.39, 0.29) is 18.2 Å². The van der Waals surface area contributed by atoms with Gasteiger partial charge in [0.1, 0.15) is 0 Å². The summed E-state index contributed by atoms with van der Waals surface area (Å²) < 4.78 is 0. The minimum absolute atomic E-state index is 0.0168. The van der Waals surface area contributed by atoms with Crippen molar-refractivity contribution in [3.63, 3.8) is 0 Å². The minimum Gasteiger partial charge on any atom is -0.353 e. The Hall–Kier alpha value is -2.62. The van der Waals surface area contributed by atoms with Crippen molar-refractivity contribution in [3.05, 3.63) is 65.7 Å². The first-order valence-corrected chi connectivity index (χ1v) is 10.8. The second-order valence-electron chi connectivity index (χ2n) is 9.07. The Morgan fingerprint density at radius 3 is 2.31 bits per heavy atom. The maximum Gasteiger partial charge on any atom is 0.238 e. The summed E-state index contributed by atoms with van der Waals surface area (Å²) >= 11 is 0. The Morgan fingerprint density at radius 1 is 1.03 bits per heavy atom. The van der Waals surface area contributed by atoms with E-state index in [2.05, 4.69) is 5.32 Å². The minimum atomic E-state index is -0.839. The number of benzene rings is 2. The maximum absolute atomic E-state index is 13.5. The smallest absolute Gasteiger partial charge is 0.238 e. The average molecular weight is 389 g/mol. The van der Waals surface area contributed by atoms with Gasteiger partial charge in [-0.2, -0.15) is 0 Å². The van der Waals surface area contributed by atoms with Gasteiger partial charge in [0.2, 0.25) is 11.8 Å². The zero-order valence-electron chi connectivity index (χ0n) is 16.9. The van der Waals surface area contributed by atoms with Crippen molar-refractivity contribution in [3.8, 4) is 0 Å². The lowest BCUT2D eigenvalue weighted by molar-refractivity contribution is -0.130. The van der Waals surface area contributed by atoms with E-state index in [0.717, 1.165) is 16.8 Å². The van der Waals surface area contributed by atoms with Crippen LogP contribution in [0, 0.1) is 11.8 Å². The van der Waals surface area contributed by atoms with Gasteiger partial charge in [-0.15, -0.1) is 0 Å². The zero-order chi connectivity index (χ0) is 20.0. The van der Waals surface area contributed by atoms with Crippen LogP contribution in [-0.2, 0) is 21.4 Å². The van der Waals surface area contributed by atoms with Crippen molar-refractivity contribution < 1.29 is 9.59 Å². The number of hydrogen-bond acceptors (Lipinski definition) is 2. The molecule has 1 atom stereocenters. The number of nitrogens with one attached hydrogen (secondary N) is 1. The zero-order valence-corrected chi connectivity index (χ0v) is 16.9. The number of hydrogen-bond donors (Lipinski definition) is 1. The summed E-state index contributed by atoms with van der Waals surface area (Å²) in [4.78, 5) is 28.5. The molecular formula is C25H28N2O2. The molecule has 2 aromatic carbocycles. The summed E-state index contributed by atoms with van der Waals surface area (Å²) in [5.74, 6) is 1.33. The van der Waals surface area contributed by atoms with Crippen LogP contribution in [0.2, 0.25) is 0 Å². The molecule has 4 nitrogen and oxygen atoms in total. The van der Waals surface area contributed by atoms with Crippen LogP contribution < -0.4 is 10.2 Å². The summed E-state index contributed by atoms with van der Waals surface area (Å²) in [5, 5.41) is 3.33. The third kappa shape index (κ3) is 3.35. The Labute approximate surface area is 172 Å². The summed E-state index contributed by atoms with van der Waals surface area (Å²) in [6, 6.07) is 18.3. The van der Waals surface area contributed by atoms with Gasteiger partial charge in [-0.25, -0.2) is 0 Å². The predicted octanol–water partition coefficient (Wildman–Crippen LogP) is 3.84. The van der Waals surface area contributed by atoms with Crippen molar-refractivity contribution >= 4 is 17.5 Å². The first-order chi connectivity index (χ1) is 14.1. The van der Waals surface area contributed by atoms with E-state index in [9.17, 15) is 9.59 Å². The van der Waals surface area contributed by atoms with E-state index >= 15 is 0 Å². The van der Waals surface area contributed by atoms with Gasteiger partial charge in [-0.3, -0.25) is 9.59 Å². The highest BCUT2D eigenvalue weighted by molar-refractivity contribution is 6.10. The molecule has 29 heavy (non-hydrogen) atoms. The van der Waals surface area contributed by atoms with Gasteiger partial charge < -0.3 is 10.2 Å². The molecule has 2 aromatic rings. The summed E-state index contributed by atoms with van der Waals surface area (Å²) in [6.07, 6.45) is 5.64. The molecule has 2 amide bonds. The normalized spacial score (nSPS) is 23.4. The van der Waals surface area contributed by atoms with Gasteiger partial charge in [0.05, 0.1) is 5.41 Å². The van der Waals surface area contributed by atoms with Crippen LogP contribution in [0.15, 0.2) is 54.6 Å². The molecule has 3 aliphatic rings. The summed E-state index contributed by atoms with van der Waals surface area (Å²) in [7, 11) is 1.82. The van der Waals surface area contributed by atoms with Crippen molar-refractivity contribution in [1.82, 2.24) is 5.32 Å². The van der Waals surface area contributed by atoms with Crippen LogP contribution in [0.1, 0.15) is 43.2 Å². The molecule has 1 heterocycles. The first kappa shape index (κ1) is 18.4. The van der Waals surface area contributed by atoms with Crippen LogP contribution in [0.4, 0.5) is 5.69 Å². The Morgan fingerprint density at radius 2 is 1.66 bits per heavy atom. The lowest BCUT2D eigenvalue weighted by Gasteiger charge is -2.29. The van der Waals surface area contributed by atoms with Gasteiger partial charge in [-0.1, -0.05) is 48.5 Å². The fraction of sp³-hybridized carbons (Fsp3) is 0.440. The maximum atomic E-state index is 13.5. The molecule has 5 rings (SSSR count). The molecule has 1 aliphatic heterocycles. The third-order valence-electron chi connectivity index (χ3n) is 6.89. The topological polar surface area (TPSA) is 49.4 Å².